The fourth-order valence-corrected chi connectivity index (χ4v) is 3.82. The van der Waals surface area contributed by atoms with Gasteiger partial charge in [-0.2, -0.15) is 13.2 Å². The third kappa shape index (κ3) is 6.87. The molecule has 0 amide bonds. The number of nitrogens with two attached hydrogens (primary N) is 1. The molecule has 0 fully saturated rings. The quantitative estimate of drug-likeness (QED) is 0.280. The Morgan fingerprint density at radius 1 is 0.971 bits per heavy atom. The van der Waals surface area contributed by atoms with Gasteiger partial charge in [0, 0.05) is 5.56 Å². The van der Waals surface area contributed by atoms with E-state index in [1.165, 1.54) is 36.4 Å². The molecular formula is C23H25F4N3O3S. The Morgan fingerprint density at radius 2 is 1.65 bits per heavy atom. The molecule has 1 aromatic heterocycles. The largest absolute Gasteiger partial charge is 0.494 e. The first kappa shape index (κ1) is 25.9. The predicted molar refractivity (Wildman–Crippen MR) is 120 cm³/mol. The highest BCUT2D eigenvalue weighted by atomic mass is 32.1. The van der Waals surface area contributed by atoms with Crippen molar-refractivity contribution in [2.45, 2.75) is 37.9 Å². The van der Waals surface area contributed by atoms with Crippen LogP contribution in [0.2, 0.25) is 0 Å². The average molecular weight is 500 g/mol. The summed E-state index contributed by atoms with van der Waals surface area (Å²) in [5.41, 5.74) is 4.12. The molecule has 0 aliphatic rings. The third-order valence-corrected chi connectivity index (χ3v) is 6.15. The SMILES string of the molecule is CC(N)(CO)c1nnc(-c2ccc(OCCCCCOc3ccc(F)cc3)c(C(F)(F)F)c2)s1. The normalized spacial score (nSPS) is 13.5. The molecule has 34 heavy (non-hydrogen) atoms. The second-order valence-corrected chi connectivity index (χ2v) is 8.89. The first-order valence-corrected chi connectivity index (χ1v) is 11.4. The number of aliphatic hydroxyl groups is 1. The Morgan fingerprint density at radius 3 is 2.29 bits per heavy atom. The Bertz CT molecular complexity index is 1070. The van der Waals surface area contributed by atoms with Crippen LogP contribution >= 0.6 is 11.3 Å². The number of hydrogen-bond donors (Lipinski definition) is 2. The van der Waals surface area contributed by atoms with E-state index in [0.29, 0.717) is 36.6 Å². The lowest BCUT2D eigenvalue weighted by Crippen LogP contribution is -2.36. The number of unbranched alkanes of at least 4 members (excludes halogenated alkanes) is 2. The molecule has 6 nitrogen and oxygen atoms in total. The fraction of sp³-hybridized carbons (Fsp3) is 0.391. The van der Waals surface area contributed by atoms with Crippen molar-refractivity contribution in [3.8, 4) is 22.1 Å². The van der Waals surface area contributed by atoms with Gasteiger partial charge in [-0.3, -0.25) is 0 Å². The van der Waals surface area contributed by atoms with Crippen molar-refractivity contribution in [3.05, 3.63) is 58.9 Å². The number of rotatable bonds is 11. The molecule has 1 atom stereocenters. The molecule has 3 N–H and O–H groups in total. The number of halogens is 4. The van der Waals surface area contributed by atoms with E-state index < -0.39 is 17.3 Å². The molecule has 3 rings (SSSR count). The zero-order valence-corrected chi connectivity index (χ0v) is 19.3. The Labute approximate surface area is 198 Å². The van der Waals surface area contributed by atoms with E-state index in [2.05, 4.69) is 10.2 Å². The summed E-state index contributed by atoms with van der Waals surface area (Å²) in [4.78, 5) is 0. The smallest absolute Gasteiger partial charge is 0.419 e. The zero-order chi connectivity index (χ0) is 24.8. The minimum Gasteiger partial charge on any atom is -0.494 e. The second kappa shape index (κ2) is 11.1. The Hall–Kier alpha value is -2.76. The summed E-state index contributed by atoms with van der Waals surface area (Å²) in [5, 5.41) is 17.8. The molecule has 0 aliphatic heterocycles. The van der Waals surface area contributed by atoms with E-state index in [9.17, 15) is 22.7 Å². The van der Waals surface area contributed by atoms with E-state index in [1.807, 2.05) is 0 Å². The lowest BCUT2D eigenvalue weighted by Gasteiger charge is -2.17. The van der Waals surface area contributed by atoms with Crippen molar-refractivity contribution in [2.75, 3.05) is 19.8 Å². The van der Waals surface area contributed by atoms with E-state index >= 15 is 0 Å². The maximum atomic E-state index is 13.6. The van der Waals surface area contributed by atoms with E-state index in [4.69, 9.17) is 15.2 Å². The highest BCUT2D eigenvalue weighted by molar-refractivity contribution is 7.14. The van der Waals surface area contributed by atoms with Gasteiger partial charge in [0.15, 0.2) is 0 Å². The maximum Gasteiger partial charge on any atom is 0.419 e. The number of aliphatic hydroxyl groups excluding tert-OH is 1. The maximum absolute atomic E-state index is 13.6. The van der Waals surface area contributed by atoms with E-state index in [-0.39, 0.29) is 35.4 Å². The first-order valence-electron chi connectivity index (χ1n) is 10.6. The summed E-state index contributed by atoms with van der Waals surface area (Å²) in [6.07, 6.45) is -2.70. The zero-order valence-electron chi connectivity index (χ0n) is 18.4. The minimum absolute atomic E-state index is 0.115. The molecule has 1 unspecified atom stereocenters. The summed E-state index contributed by atoms with van der Waals surface area (Å²) in [6.45, 7) is 1.71. The molecule has 0 saturated heterocycles. The summed E-state index contributed by atoms with van der Waals surface area (Å²) in [5.74, 6) is -0.0470. The molecule has 11 heteroatoms. The first-order chi connectivity index (χ1) is 16.1. The monoisotopic (exact) mass is 499 g/mol. The van der Waals surface area contributed by atoms with Gasteiger partial charge in [-0.15, -0.1) is 10.2 Å². The standard InChI is InChI=1S/C23H25F4N3O3S/c1-22(28,14-31)21-30-29-20(34-21)15-5-10-19(18(13-15)23(25,26)27)33-12-4-2-3-11-32-17-8-6-16(24)7-9-17/h5-10,13,31H,2-4,11-12,14,28H2,1H3. The molecule has 2 aromatic carbocycles. The van der Waals surface area contributed by atoms with Crippen molar-refractivity contribution >= 4 is 11.3 Å². The van der Waals surface area contributed by atoms with Crippen LogP contribution in [0.15, 0.2) is 42.5 Å². The summed E-state index contributed by atoms with van der Waals surface area (Å²) >= 11 is 1.02. The fourth-order valence-electron chi connectivity index (χ4n) is 2.93. The van der Waals surface area contributed by atoms with Crippen LogP contribution in [-0.2, 0) is 11.7 Å². The number of aromatic nitrogens is 2. The second-order valence-electron chi connectivity index (χ2n) is 7.91. The lowest BCUT2D eigenvalue weighted by atomic mass is 10.1. The van der Waals surface area contributed by atoms with Gasteiger partial charge in [0.25, 0.3) is 0 Å². The number of benzene rings is 2. The third-order valence-electron chi connectivity index (χ3n) is 4.90. The van der Waals surface area contributed by atoms with Crippen molar-refractivity contribution in [2.24, 2.45) is 5.73 Å². The van der Waals surface area contributed by atoms with Crippen LogP contribution < -0.4 is 15.2 Å². The van der Waals surface area contributed by atoms with Crippen LogP contribution in [-0.4, -0.2) is 35.1 Å². The highest BCUT2D eigenvalue weighted by Crippen LogP contribution is 2.39. The number of ether oxygens (including phenoxy) is 2. The van der Waals surface area contributed by atoms with E-state index in [0.717, 1.165) is 17.4 Å². The van der Waals surface area contributed by atoms with Crippen LogP contribution in [0.25, 0.3) is 10.6 Å². The van der Waals surface area contributed by atoms with Gasteiger partial charge < -0.3 is 20.3 Å². The van der Waals surface area contributed by atoms with Crippen molar-refractivity contribution < 1.29 is 32.1 Å². The Balaban J connectivity index is 1.55. The molecule has 0 bridgehead atoms. The molecule has 184 valence electrons. The summed E-state index contributed by atoms with van der Waals surface area (Å²) in [6, 6.07) is 9.41. The number of alkyl halides is 3. The van der Waals surface area contributed by atoms with Crippen LogP contribution in [0.5, 0.6) is 11.5 Å². The molecular weight excluding hydrogens is 474 g/mol. The van der Waals surface area contributed by atoms with Gasteiger partial charge in [-0.05, 0) is 68.7 Å². The van der Waals surface area contributed by atoms with Crippen LogP contribution in [0, 0.1) is 5.82 Å². The lowest BCUT2D eigenvalue weighted by molar-refractivity contribution is -0.138. The number of hydrogen-bond acceptors (Lipinski definition) is 7. The van der Waals surface area contributed by atoms with Gasteiger partial charge in [0.05, 0.1) is 30.9 Å². The topological polar surface area (TPSA) is 90.5 Å². The van der Waals surface area contributed by atoms with Gasteiger partial charge >= 0.3 is 6.18 Å². The molecule has 0 aliphatic carbocycles. The van der Waals surface area contributed by atoms with Crippen LogP contribution in [0.4, 0.5) is 17.6 Å². The molecule has 3 aromatic rings. The Kier molecular flexibility index (Phi) is 8.45. The summed E-state index contributed by atoms with van der Waals surface area (Å²) in [7, 11) is 0. The highest BCUT2D eigenvalue weighted by Gasteiger charge is 2.35. The average Bonchev–Trinajstić information content (AvgIpc) is 3.30. The van der Waals surface area contributed by atoms with Gasteiger partial charge in [-0.25, -0.2) is 4.39 Å². The minimum atomic E-state index is -4.62. The van der Waals surface area contributed by atoms with Crippen molar-refractivity contribution in [3.63, 3.8) is 0 Å². The molecule has 1 heterocycles. The van der Waals surface area contributed by atoms with Gasteiger partial charge in [0.2, 0.25) is 0 Å². The van der Waals surface area contributed by atoms with Crippen LogP contribution in [0.3, 0.4) is 0 Å². The van der Waals surface area contributed by atoms with E-state index in [1.54, 1.807) is 6.92 Å². The number of nitrogens with zero attached hydrogens (tertiary/aromatic N) is 2. The van der Waals surface area contributed by atoms with Crippen molar-refractivity contribution in [1.29, 1.82) is 0 Å². The van der Waals surface area contributed by atoms with Crippen LogP contribution in [0.1, 0.15) is 36.8 Å². The van der Waals surface area contributed by atoms with Crippen molar-refractivity contribution in [1.82, 2.24) is 10.2 Å². The van der Waals surface area contributed by atoms with Gasteiger partial charge in [0.1, 0.15) is 27.3 Å². The molecule has 0 saturated carbocycles. The van der Waals surface area contributed by atoms with Gasteiger partial charge in [-0.1, -0.05) is 11.3 Å². The predicted octanol–water partition coefficient (Wildman–Crippen LogP) is 5.16. The molecule has 0 radical (unpaired) electrons. The molecule has 0 spiro atoms. The summed E-state index contributed by atoms with van der Waals surface area (Å²) < 4.78 is 64.7.